The van der Waals surface area contributed by atoms with Crippen molar-refractivity contribution in [3.8, 4) is 0 Å². The van der Waals surface area contributed by atoms with Crippen LogP contribution in [0.2, 0.25) is 0 Å². The van der Waals surface area contributed by atoms with Gasteiger partial charge in [0.15, 0.2) is 0 Å². The van der Waals surface area contributed by atoms with E-state index in [1.54, 1.807) is 0 Å². The molecule has 0 amide bonds. The Morgan fingerprint density at radius 3 is 2.00 bits per heavy atom. The number of carbonyl (C=O) groups excluding carboxylic acids is 1. The molecule has 1 N–H and O–H groups in total. The molecule has 5 nitrogen and oxygen atoms in total. The molecule has 0 saturated heterocycles. The number of hydrogen-bond donors (Lipinski definition) is 1. The molecular formula is C4H8MgO5S. The Kier molecular flexibility index (Phi) is 5.76. The third-order valence-corrected chi connectivity index (χ3v) is 0.891. The second-order valence-electron chi connectivity index (χ2n) is 1.58. The summed E-state index contributed by atoms with van der Waals surface area (Å²) in [6.07, 6.45) is 0. The normalized spacial score (nSPS) is 9.64. The number of carbonyl (C=O) groups is 1. The van der Waals surface area contributed by atoms with Gasteiger partial charge in [-0.1, -0.05) is 6.58 Å². The lowest BCUT2D eigenvalue weighted by atomic mass is 10.4. The van der Waals surface area contributed by atoms with Gasteiger partial charge in [0.25, 0.3) is 0 Å². The van der Waals surface area contributed by atoms with Gasteiger partial charge in [0.1, 0.15) is 0 Å². The van der Waals surface area contributed by atoms with Crippen LogP contribution in [0, 0.1) is 0 Å². The quantitative estimate of drug-likeness (QED) is 0.345. The lowest BCUT2D eigenvalue weighted by Gasteiger charge is -1.96. The highest BCUT2D eigenvalue weighted by Gasteiger charge is 2.12. The molecule has 0 aliphatic rings. The van der Waals surface area contributed by atoms with Crippen molar-refractivity contribution in [2.45, 2.75) is 6.92 Å². The molecule has 7 heteroatoms. The van der Waals surface area contributed by atoms with Crippen LogP contribution in [0.3, 0.4) is 0 Å². The Morgan fingerprint density at radius 2 is 1.91 bits per heavy atom. The summed E-state index contributed by atoms with van der Waals surface area (Å²) >= 11 is 0. The van der Waals surface area contributed by atoms with Crippen molar-refractivity contribution in [1.29, 1.82) is 0 Å². The predicted octanol–water partition coefficient (Wildman–Crippen LogP) is -1.01. The van der Waals surface area contributed by atoms with Gasteiger partial charge in [0.05, 0.1) is 0 Å². The summed E-state index contributed by atoms with van der Waals surface area (Å²) < 4.78 is 31.0. The van der Waals surface area contributed by atoms with Crippen LogP contribution in [0.15, 0.2) is 12.2 Å². The summed E-state index contributed by atoms with van der Waals surface area (Å²) in [5.74, 6) is -1.16. The topological polar surface area (TPSA) is 80.7 Å². The van der Waals surface area contributed by atoms with Gasteiger partial charge in [-0.15, -0.1) is 0 Å². The van der Waals surface area contributed by atoms with E-state index in [-0.39, 0.29) is 28.6 Å². The van der Waals surface area contributed by atoms with Crippen LogP contribution in [0.25, 0.3) is 0 Å². The molecule has 0 heterocycles. The van der Waals surface area contributed by atoms with Crippen LogP contribution in [0.5, 0.6) is 0 Å². The molecule has 0 radical (unpaired) electrons. The van der Waals surface area contributed by atoms with E-state index < -0.39 is 16.4 Å². The Bertz CT molecular complexity index is 254. The minimum absolute atomic E-state index is 0. The van der Waals surface area contributed by atoms with Crippen molar-refractivity contribution < 1.29 is 21.9 Å². The van der Waals surface area contributed by atoms with E-state index in [2.05, 4.69) is 10.8 Å². The van der Waals surface area contributed by atoms with Crippen molar-refractivity contribution in [3.05, 3.63) is 12.2 Å². The van der Waals surface area contributed by atoms with Crippen LogP contribution in [0.4, 0.5) is 0 Å². The Labute approximate surface area is 80.5 Å². The van der Waals surface area contributed by atoms with Gasteiger partial charge in [0.2, 0.25) is 0 Å². The molecule has 0 saturated carbocycles. The Morgan fingerprint density at radius 1 is 1.55 bits per heavy atom. The van der Waals surface area contributed by atoms with Crippen LogP contribution < -0.4 is 0 Å². The molecule has 0 aromatic heterocycles. The average Bonchev–Trinajstić information content (AvgIpc) is 1.60. The smallest absolute Gasteiger partial charge is 0.321 e. The zero-order valence-corrected chi connectivity index (χ0v) is 6.01. The van der Waals surface area contributed by atoms with E-state index in [1.165, 1.54) is 6.92 Å². The summed E-state index contributed by atoms with van der Waals surface area (Å²) in [5.41, 5.74) is -0.0994. The fourth-order valence-electron chi connectivity index (χ4n) is 0.167. The molecular weight excluding hydrogens is 184 g/mol. The molecule has 0 aromatic carbocycles. The van der Waals surface area contributed by atoms with Gasteiger partial charge < -0.3 is 4.18 Å². The first-order chi connectivity index (χ1) is 4.33. The molecule has 0 fully saturated rings. The van der Waals surface area contributed by atoms with E-state index in [4.69, 9.17) is 4.55 Å². The summed E-state index contributed by atoms with van der Waals surface area (Å²) in [6.45, 7) is 4.35. The molecule has 0 spiro atoms. The van der Waals surface area contributed by atoms with Gasteiger partial charge in [-0.3, -0.25) is 4.55 Å². The second-order valence-corrected chi connectivity index (χ2v) is 2.60. The van der Waals surface area contributed by atoms with Crippen LogP contribution in [0.1, 0.15) is 6.92 Å². The van der Waals surface area contributed by atoms with Crippen LogP contribution in [-0.4, -0.2) is 42.0 Å². The first-order valence-electron chi connectivity index (χ1n) is 2.19. The minimum atomic E-state index is -4.68. The zero-order valence-electron chi connectivity index (χ0n) is 5.20. The van der Waals surface area contributed by atoms with Crippen molar-refractivity contribution in [2.24, 2.45) is 0 Å². The van der Waals surface area contributed by atoms with E-state index in [0.717, 1.165) is 0 Å². The van der Waals surface area contributed by atoms with E-state index in [9.17, 15) is 13.2 Å². The van der Waals surface area contributed by atoms with Crippen LogP contribution >= 0.6 is 0 Å². The van der Waals surface area contributed by atoms with E-state index in [0.29, 0.717) is 0 Å². The average molecular weight is 192 g/mol. The van der Waals surface area contributed by atoms with E-state index >= 15 is 0 Å². The molecule has 0 aliphatic carbocycles. The highest BCUT2D eigenvalue weighted by Crippen LogP contribution is 1.95. The SMILES string of the molecule is C=C(C)C(=O)OS(=O)(=O)O.[MgH2]. The molecule has 62 valence electrons. The third kappa shape index (κ3) is 7.79. The highest BCUT2D eigenvalue weighted by atomic mass is 32.3. The predicted molar refractivity (Wildman–Crippen MR) is 41.0 cm³/mol. The van der Waals surface area contributed by atoms with Gasteiger partial charge in [0, 0.05) is 5.57 Å². The lowest BCUT2D eigenvalue weighted by molar-refractivity contribution is -0.130. The van der Waals surface area contributed by atoms with Crippen molar-refractivity contribution >= 4 is 39.4 Å². The summed E-state index contributed by atoms with van der Waals surface area (Å²) in [4.78, 5) is 10.3. The maximum Gasteiger partial charge on any atom is 0.449 e. The van der Waals surface area contributed by atoms with Gasteiger partial charge in [-0.25, -0.2) is 4.79 Å². The molecule has 0 aromatic rings. The maximum atomic E-state index is 10.3. The molecule has 0 bridgehead atoms. The standard InChI is InChI=1S/C4H6O5S.Mg.2H/c1-3(2)4(5)9-10(6,7)8;;;/h1H2,2H3,(H,6,7,8);;;. The Hall–Kier alpha value is -0.114. The van der Waals surface area contributed by atoms with E-state index in [1.807, 2.05) is 0 Å². The van der Waals surface area contributed by atoms with Crippen molar-refractivity contribution in [3.63, 3.8) is 0 Å². The first-order valence-corrected chi connectivity index (χ1v) is 3.56. The van der Waals surface area contributed by atoms with Crippen LogP contribution in [-0.2, 0) is 19.4 Å². The molecule has 0 aliphatic heterocycles. The summed E-state index contributed by atoms with van der Waals surface area (Å²) in [7, 11) is -4.68. The van der Waals surface area contributed by atoms with Gasteiger partial charge in [-0.2, -0.15) is 8.42 Å². The maximum absolute atomic E-state index is 10.3. The molecule has 0 rings (SSSR count). The zero-order chi connectivity index (χ0) is 8.36. The number of rotatable bonds is 2. The van der Waals surface area contributed by atoms with Crippen molar-refractivity contribution in [2.75, 3.05) is 0 Å². The Balaban J connectivity index is 0. The monoisotopic (exact) mass is 192 g/mol. The molecule has 0 atom stereocenters. The highest BCUT2D eigenvalue weighted by molar-refractivity contribution is 7.81. The largest absolute Gasteiger partial charge is 0.449 e. The summed E-state index contributed by atoms with van der Waals surface area (Å²) in [6, 6.07) is 0. The molecule has 11 heavy (non-hydrogen) atoms. The van der Waals surface area contributed by atoms with Gasteiger partial charge in [-0.05, 0) is 6.92 Å². The van der Waals surface area contributed by atoms with Gasteiger partial charge >= 0.3 is 39.4 Å². The fourth-order valence-corrected chi connectivity index (χ4v) is 0.500. The lowest BCUT2D eigenvalue weighted by Crippen LogP contribution is -2.11. The molecule has 0 unspecified atom stereocenters. The first kappa shape index (κ1) is 13.5. The fraction of sp³-hybridized carbons (Fsp3) is 0.250. The number of hydrogen-bond acceptors (Lipinski definition) is 4. The van der Waals surface area contributed by atoms with Crippen molar-refractivity contribution in [1.82, 2.24) is 0 Å². The summed E-state index contributed by atoms with van der Waals surface area (Å²) in [5, 5.41) is 0. The minimum Gasteiger partial charge on any atom is -0.321 e. The third-order valence-electron chi connectivity index (χ3n) is 0.529. The second kappa shape index (κ2) is 4.70.